The molecule has 0 unspecified atom stereocenters. The van der Waals surface area contributed by atoms with Crippen LogP contribution in [0, 0.1) is 27.7 Å². The molecule has 0 aliphatic heterocycles. The molecule has 2 heterocycles. The second-order valence-electron chi connectivity index (χ2n) is 3.39. The van der Waals surface area contributed by atoms with Crippen molar-refractivity contribution in [2.24, 2.45) is 0 Å². The van der Waals surface area contributed by atoms with Gasteiger partial charge in [-0.1, -0.05) is 0 Å². The second-order valence-corrected chi connectivity index (χ2v) is 8.86. The van der Waals surface area contributed by atoms with Crippen LogP contribution in [-0.2, 0) is 0 Å². The molecule has 2 heteroatoms. The molecule has 2 aromatic rings. The zero-order valence-electron chi connectivity index (χ0n) is 9.13. The molecule has 0 atom stereocenters. The van der Waals surface area contributed by atoms with Crippen molar-refractivity contribution in [3.8, 4) is 0 Å². The summed E-state index contributed by atoms with van der Waals surface area (Å²) in [7, 11) is 0. The molecule has 0 fully saturated rings. The van der Waals surface area contributed by atoms with Gasteiger partial charge in [0.15, 0.2) is 0 Å². The molecule has 0 aromatic carbocycles. The Kier molecular flexibility index (Phi) is 4.98. The zero-order chi connectivity index (χ0) is 10.6. The van der Waals surface area contributed by atoms with Gasteiger partial charge in [0.25, 0.3) is 0 Å². The first kappa shape index (κ1) is 12.1. The van der Waals surface area contributed by atoms with Crippen LogP contribution < -0.4 is 0 Å². The average molecular weight is 318 g/mol. The maximum atomic E-state index is 2.31. The summed E-state index contributed by atoms with van der Waals surface area (Å²) in [5.41, 5.74) is 1.44. The van der Waals surface area contributed by atoms with Crippen molar-refractivity contribution in [3.05, 3.63) is 42.0 Å². The van der Waals surface area contributed by atoms with Gasteiger partial charge >= 0.3 is 98.7 Å². The predicted molar refractivity (Wildman–Crippen MR) is 65.7 cm³/mol. The van der Waals surface area contributed by atoms with E-state index < -0.39 is 0 Å². The number of hydrogen-bond donors (Lipinski definition) is 0. The molecule has 76 valence electrons. The Bertz CT molecular complexity index is 311. The van der Waals surface area contributed by atoms with E-state index in [0.717, 1.165) is 0 Å². The standard InChI is InChI=1S/2C6H8Se/c1-5-3-6(2)7-4-5;1-5-3-4-6(2)7-5/h2*3-4H,1-2H3. The van der Waals surface area contributed by atoms with Crippen LogP contribution in [0.3, 0.4) is 0 Å². The molecule has 0 saturated carbocycles. The van der Waals surface area contributed by atoms with Gasteiger partial charge < -0.3 is 0 Å². The normalized spacial score (nSPS) is 9.43. The van der Waals surface area contributed by atoms with Crippen molar-refractivity contribution in [2.75, 3.05) is 0 Å². The minimum atomic E-state index is 0.698. The van der Waals surface area contributed by atoms with Crippen LogP contribution in [0.1, 0.15) is 18.9 Å². The van der Waals surface area contributed by atoms with Crippen LogP contribution in [0.25, 0.3) is 0 Å². The van der Waals surface area contributed by atoms with Gasteiger partial charge in [0.05, 0.1) is 0 Å². The van der Waals surface area contributed by atoms with Gasteiger partial charge in [-0.05, 0) is 0 Å². The van der Waals surface area contributed by atoms with Gasteiger partial charge in [-0.3, -0.25) is 0 Å². The third kappa shape index (κ3) is 4.48. The van der Waals surface area contributed by atoms with Gasteiger partial charge in [-0.25, -0.2) is 0 Å². The van der Waals surface area contributed by atoms with Crippen molar-refractivity contribution in [2.45, 2.75) is 27.7 Å². The summed E-state index contributed by atoms with van der Waals surface area (Å²) in [5.74, 6) is 0. The van der Waals surface area contributed by atoms with Crippen molar-refractivity contribution in [1.29, 1.82) is 0 Å². The molecule has 0 amide bonds. The van der Waals surface area contributed by atoms with Gasteiger partial charge in [0, 0.05) is 0 Å². The fourth-order valence-electron chi connectivity index (χ4n) is 1.13. The Morgan fingerprint density at radius 1 is 0.857 bits per heavy atom. The van der Waals surface area contributed by atoms with E-state index >= 15 is 0 Å². The molecule has 0 bridgehead atoms. The predicted octanol–water partition coefficient (Wildman–Crippen LogP) is 2.72. The molecule has 0 saturated heterocycles. The second kappa shape index (κ2) is 5.78. The summed E-state index contributed by atoms with van der Waals surface area (Å²) in [5, 5.41) is 0. The third-order valence-corrected chi connectivity index (χ3v) is 5.71. The van der Waals surface area contributed by atoms with E-state index in [4.69, 9.17) is 0 Å². The van der Waals surface area contributed by atoms with E-state index in [1.54, 1.807) is 13.3 Å². The summed E-state index contributed by atoms with van der Waals surface area (Å²) in [6.07, 6.45) is 0. The molecule has 0 aliphatic rings. The van der Waals surface area contributed by atoms with E-state index in [1.165, 1.54) is 5.56 Å². The van der Waals surface area contributed by atoms with Crippen LogP contribution in [0.15, 0.2) is 23.1 Å². The van der Waals surface area contributed by atoms with E-state index in [9.17, 15) is 0 Å². The summed E-state index contributed by atoms with van der Waals surface area (Å²) in [4.78, 5) is 2.31. The quantitative estimate of drug-likeness (QED) is 0.655. The number of aryl methyl sites for hydroxylation is 4. The summed E-state index contributed by atoms with van der Waals surface area (Å²) in [6, 6.07) is 6.66. The van der Waals surface area contributed by atoms with E-state index in [2.05, 4.69) is 50.8 Å². The first-order valence-corrected chi connectivity index (χ1v) is 8.18. The molecule has 14 heavy (non-hydrogen) atoms. The number of rotatable bonds is 0. The first-order valence-electron chi connectivity index (χ1n) is 4.62. The van der Waals surface area contributed by atoms with Crippen LogP contribution in [0.2, 0.25) is 0 Å². The summed E-state index contributed by atoms with van der Waals surface area (Å²) >= 11 is 1.41. The van der Waals surface area contributed by atoms with E-state index in [-0.39, 0.29) is 0 Å². The van der Waals surface area contributed by atoms with Crippen molar-refractivity contribution >= 4 is 29.0 Å². The van der Waals surface area contributed by atoms with E-state index in [0.29, 0.717) is 29.0 Å². The fraction of sp³-hybridized carbons (Fsp3) is 0.333. The monoisotopic (exact) mass is 320 g/mol. The molecule has 2 rings (SSSR count). The van der Waals surface area contributed by atoms with Crippen LogP contribution >= 0.6 is 0 Å². The van der Waals surface area contributed by atoms with Crippen molar-refractivity contribution < 1.29 is 0 Å². The molecule has 0 aliphatic carbocycles. The van der Waals surface area contributed by atoms with Crippen LogP contribution in [0.5, 0.6) is 0 Å². The topological polar surface area (TPSA) is 0 Å². The van der Waals surface area contributed by atoms with E-state index in [1.807, 2.05) is 0 Å². The van der Waals surface area contributed by atoms with Crippen LogP contribution in [-0.4, -0.2) is 29.0 Å². The van der Waals surface area contributed by atoms with Crippen molar-refractivity contribution in [3.63, 3.8) is 0 Å². The Hall–Kier alpha value is -0.00104. The van der Waals surface area contributed by atoms with Gasteiger partial charge in [-0.15, -0.1) is 0 Å². The van der Waals surface area contributed by atoms with Gasteiger partial charge in [-0.2, -0.15) is 0 Å². The third-order valence-electron chi connectivity index (χ3n) is 1.74. The Morgan fingerprint density at radius 2 is 1.43 bits per heavy atom. The van der Waals surface area contributed by atoms with Gasteiger partial charge in [0.2, 0.25) is 0 Å². The van der Waals surface area contributed by atoms with Gasteiger partial charge in [0.1, 0.15) is 0 Å². The minimum absolute atomic E-state index is 0.698. The fourth-order valence-corrected chi connectivity index (χ4v) is 4.22. The first-order chi connectivity index (χ1) is 6.58. The Morgan fingerprint density at radius 3 is 1.57 bits per heavy atom. The van der Waals surface area contributed by atoms with Crippen molar-refractivity contribution in [1.82, 2.24) is 0 Å². The Balaban J connectivity index is 0.000000140. The molecule has 0 nitrogen and oxygen atoms in total. The summed E-state index contributed by atoms with van der Waals surface area (Å²) in [6.45, 7) is 8.71. The maximum absolute atomic E-state index is 2.31. The molecule has 0 spiro atoms. The molecular formula is C12H16Se2. The Labute approximate surface area is 98.5 Å². The zero-order valence-corrected chi connectivity index (χ0v) is 12.6. The molecular weight excluding hydrogens is 302 g/mol. The number of hydrogen-bond acceptors (Lipinski definition) is 0. The molecule has 0 N–H and O–H groups in total. The average Bonchev–Trinajstić information content (AvgIpc) is 2.63. The molecule has 2 aromatic heterocycles. The molecule has 0 radical (unpaired) electrons. The van der Waals surface area contributed by atoms with Crippen LogP contribution in [0.4, 0.5) is 0 Å². The SMILES string of the molecule is Cc1c[se]c(C)c1.Cc1ccc(C)[se]1. The summed E-state index contributed by atoms with van der Waals surface area (Å²) < 4.78 is 4.64.